The van der Waals surface area contributed by atoms with Gasteiger partial charge in [-0.05, 0) is 48.5 Å². The zero-order valence-electron chi connectivity index (χ0n) is 17.0. The summed E-state index contributed by atoms with van der Waals surface area (Å²) in [7, 11) is 1.58. The SMILES string of the molecule is COc1ccc(NC(=O)C2CC(=O)N(c3ccccc3)C(Nc3ccccc3)=N2)cc1. The molecule has 4 rings (SSSR count). The molecule has 0 bridgehead atoms. The second-order valence-corrected chi connectivity index (χ2v) is 6.95. The first-order valence-electron chi connectivity index (χ1n) is 9.87. The lowest BCUT2D eigenvalue weighted by molar-refractivity contribution is -0.123. The number of ether oxygens (including phenoxy) is 1. The van der Waals surface area contributed by atoms with Gasteiger partial charge >= 0.3 is 0 Å². The Morgan fingerprint density at radius 2 is 1.58 bits per heavy atom. The van der Waals surface area contributed by atoms with Crippen molar-refractivity contribution in [2.45, 2.75) is 12.5 Å². The van der Waals surface area contributed by atoms with Gasteiger partial charge in [-0.2, -0.15) is 0 Å². The summed E-state index contributed by atoms with van der Waals surface area (Å²) < 4.78 is 5.14. The number of anilines is 3. The molecule has 0 radical (unpaired) electrons. The Labute approximate surface area is 180 Å². The van der Waals surface area contributed by atoms with Gasteiger partial charge < -0.3 is 15.4 Å². The van der Waals surface area contributed by atoms with E-state index in [1.807, 2.05) is 60.7 Å². The molecule has 7 nitrogen and oxygen atoms in total. The van der Waals surface area contributed by atoms with Crippen molar-refractivity contribution in [2.24, 2.45) is 4.99 Å². The number of carbonyl (C=O) groups excluding carboxylic acids is 2. The molecule has 2 N–H and O–H groups in total. The van der Waals surface area contributed by atoms with Crippen LogP contribution in [0.1, 0.15) is 6.42 Å². The van der Waals surface area contributed by atoms with E-state index in [1.165, 1.54) is 4.90 Å². The number of aliphatic imine (C=N–C) groups is 1. The number of carbonyl (C=O) groups is 2. The van der Waals surface area contributed by atoms with Crippen LogP contribution in [0.25, 0.3) is 0 Å². The Hall–Kier alpha value is -4.13. The van der Waals surface area contributed by atoms with Crippen LogP contribution in [-0.2, 0) is 9.59 Å². The summed E-state index contributed by atoms with van der Waals surface area (Å²) in [6.45, 7) is 0. The summed E-state index contributed by atoms with van der Waals surface area (Å²) in [6, 6.07) is 24.8. The van der Waals surface area contributed by atoms with Gasteiger partial charge in [0.1, 0.15) is 11.8 Å². The molecule has 0 aliphatic carbocycles. The summed E-state index contributed by atoms with van der Waals surface area (Å²) in [4.78, 5) is 32.0. The fraction of sp³-hybridized carbons (Fsp3) is 0.125. The first-order chi connectivity index (χ1) is 15.1. The molecule has 3 aromatic carbocycles. The Bertz CT molecular complexity index is 1080. The standard InChI is InChI=1S/C24H22N4O3/c1-31-20-14-12-18(13-15-20)25-23(30)21-16-22(29)28(19-10-6-3-7-11-19)24(27-21)26-17-8-4-2-5-9-17/h2-15,21H,16H2,1H3,(H,25,30)(H,26,27). The Morgan fingerprint density at radius 3 is 2.23 bits per heavy atom. The van der Waals surface area contributed by atoms with Crippen LogP contribution >= 0.6 is 0 Å². The monoisotopic (exact) mass is 414 g/mol. The Balaban J connectivity index is 1.61. The van der Waals surface area contributed by atoms with E-state index < -0.39 is 6.04 Å². The zero-order valence-corrected chi connectivity index (χ0v) is 17.0. The minimum atomic E-state index is -0.847. The molecule has 1 atom stereocenters. The molecule has 31 heavy (non-hydrogen) atoms. The lowest BCUT2D eigenvalue weighted by Gasteiger charge is -2.31. The van der Waals surface area contributed by atoms with E-state index in [1.54, 1.807) is 31.4 Å². The van der Waals surface area contributed by atoms with Crippen LogP contribution in [0.4, 0.5) is 17.1 Å². The van der Waals surface area contributed by atoms with Crippen molar-refractivity contribution in [3.05, 3.63) is 84.9 Å². The van der Waals surface area contributed by atoms with Gasteiger partial charge in [0.2, 0.25) is 17.8 Å². The second kappa shape index (κ2) is 9.13. The first-order valence-corrected chi connectivity index (χ1v) is 9.87. The molecule has 0 spiro atoms. The lowest BCUT2D eigenvalue weighted by atomic mass is 10.1. The molecule has 156 valence electrons. The molecule has 3 aromatic rings. The van der Waals surface area contributed by atoms with Crippen LogP contribution in [-0.4, -0.2) is 30.9 Å². The molecule has 0 aromatic heterocycles. The molecule has 2 amide bonds. The molecule has 0 saturated carbocycles. The number of amides is 2. The Morgan fingerprint density at radius 1 is 0.935 bits per heavy atom. The van der Waals surface area contributed by atoms with Gasteiger partial charge in [0.25, 0.3) is 0 Å². The molecular formula is C24H22N4O3. The van der Waals surface area contributed by atoms with E-state index in [0.717, 1.165) is 5.69 Å². The summed E-state index contributed by atoms with van der Waals surface area (Å²) in [5.41, 5.74) is 2.06. The third-order valence-corrected chi connectivity index (χ3v) is 4.81. The molecule has 1 unspecified atom stereocenters. The average Bonchev–Trinajstić information content (AvgIpc) is 2.80. The van der Waals surface area contributed by atoms with Crippen LogP contribution in [0.2, 0.25) is 0 Å². The molecule has 0 saturated heterocycles. The van der Waals surface area contributed by atoms with E-state index >= 15 is 0 Å². The highest BCUT2D eigenvalue weighted by Gasteiger charge is 2.34. The maximum atomic E-state index is 13.1. The fourth-order valence-corrected chi connectivity index (χ4v) is 3.26. The van der Waals surface area contributed by atoms with Crippen molar-refractivity contribution < 1.29 is 14.3 Å². The predicted octanol–water partition coefficient (Wildman–Crippen LogP) is 3.91. The second-order valence-electron chi connectivity index (χ2n) is 6.95. The van der Waals surface area contributed by atoms with Crippen LogP contribution in [0.5, 0.6) is 5.75 Å². The molecular weight excluding hydrogens is 392 g/mol. The minimum absolute atomic E-state index is 0.0309. The van der Waals surface area contributed by atoms with Crippen LogP contribution < -0.4 is 20.3 Å². The van der Waals surface area contributed by atoms with Gasteiger partial charge in [-0.15, -0.1) is 0 Å². The topological polar surface area (TPSA) is 83.0 Å². The predicted molar refractivity (Wildman–Crippen MR) is 121 cm³/mol. The number of nitrogens with zero attached hydrogens (tertiary/aromatic N) is 2. The van der Waals surface area contributed by atoms with Crippen molar-refractivity contribution in [2.75, 3.05) is 22.6 Å². The maximum Gasteiger partial charge on any atom is 0.249 e. The lowest BCUT2D eigenvalue weighted by Crippen LogP contribution is -2.49. The van der Waals surface area contributed by atoms with E-state index in [9.17, 15) is 9.59 Å². The van der Waals surface area contributed by atoms with Crippen molar-refractivity contribution >= 4 is 34.8 Å². The molecule has 1 heterocycles. The highest BCUT2D eigenvalue weighted by Crippen LogP contribution is 2.23. The van der Waals surface area contributed by atoms with Crippen molar-refractivity contribution in [1.82, 2.24) is 0 Å². The Kier molecular flexibility index (Phi) is 5.93. The number of nitrogens with one attached hydrogen (secondary N) is 2. The normalized spacial score (nSPS) is 15.8. The third kappa shape index (κ3) is 4.72. The van der Waals surface area contributed by atoms with Crippen molar-refractivity contribution in [3.63, 3.8) is 0 Å². The van der Waals surface area contributed by atoms with Gasteiger partial charge in [-0.3, -0.25) is 14.5 Å². The summed E-state index contributed by atoms with van der Waals surface area (Å²) >= 11 is 0. The van der Waals surface area contributed by atoms with Gasteiger partial charge in [-0.25, -0.2) is 4.99 Å². The van der Waals surface area contributed by atoms with Crippen LogP contribution in [0, 0.1) is 0 Å². The molecule has 1 aliphatic rings. The smallest absolute Gasteiger partial charge is 0.249 e. The van der Waals surface area contributed by atoms with Gasteiger partial charge in [0, 0.05) is 11.4 Å². The number of hydrogen-bond donors (Lipinski definition) is 2. The quantitative estimate of drug-likeness (QED) is 0.663. The number of methoxy groups -OCH3 is 1. The first kappa shape index (κ1) is 20.2. The van der Waals surface area contributed by atoms with Gasteiger partial charge in [0.05, 0.1) is 19.2 Å². The van der Waals surface area contributed by atoms with E-state index in [-0.39, 0.29) is 18.2 Å². The number of para-hydroxylation sites is 2. The number of benzene rings is 3. The molecule has 7 heteroatoms. The average molecular weight is 414 g/mol. The maximum absolute atomic E-state index is 13.1. The number of hydrogen-bond acceptors (Lipinski definition) is 5. The van der Waals surface area contributed by atoms with E-state index in [2.05, 4.69) is 15.6 Å². The van der Waals surface area contributed by atoms with E-state index in [4.69, 9.17) is 4.74 Å². The van der Waals surface area contributed by atoms with Gasteiger partial charge in [-0.1, -0.05) is 36.4 Å². The molecule has 1 aliphatic heterocycles. The summed E-state index contributed by atoms with van der Waals surface area (Å²) in [6.07, 6.45) is -0.0309. The fourth-order valence-electron chi connectivity index (χ4n) is 3.26. The summed E-state index contributed by atoms with van der Waals surface area (Å²) in [5, 5.41) is 6.00. The van der Waals surface area contributed by atoms with Crippen LogP contribution in [0.15, 0.2) is 89.9 Å². The van der Waals surface area contributed by atoms with Crippen molar-refractivity contribution in [3.8, 4) is 5.75 Å². The van der Waals surface area contributed by atoms with Crippen molar-refractivity contribution in [1.29, 1.82) is 0 Å². The number of guanidine groups is 1. The zero-order chi connectivity index (χ0) is 21.6. The highest BCUT2D eigenvalue weighted by molar-refractivity contribution is 6.23. The molecule has 0 fully saturated rings. The minimum Gasteiger partial charge on any atom is -0.497 e. The third-order valence-electron chi connectivity index (χ3n) is 4.81. The highest BCUT2D eigenvalue weighted by atomic mass is 16.5. The van der Waals surface area contributed by atoms with Crippen LogP contribution in [0.3, 0.4) is 0 Å². The van der Waals surface area contributed by atoms with Gasteiger partial charge in [0.15, 0.2) is 0 Å². The number of rotatable bonds is 5. The van der Waals surface area contributed by atoms with E-state index in [0.29, 0.717) is 23.1 Å². The largest absolute Gasteiger partial charge is 0.497 e. The summed E-state index contributed by atoms with van der Waals surface area (Å²) in [5.74, 6) is 0.438.